The Bertz CT molecular complexity index is 1060. The van der Waals surface area contributed by atoms with E-state index in [1.165, 1.54) is 22.6 Å². The van der Waals surface area contributed by atoms with E-state index in [4.69, 9.17) is 0 Å². The van der Waals surface area contributed by atoms with Crippen LogP contribution in [0.15, 0.2) is 46.2 Å². The van der Waals surface area contributed by atoms with Gasteiger partial charge in [0.05, 0.1) is 5.69 Å². The molecule has 1 aromatic carbocycles. The van der Waals surface area contributed by atoms with E-state index in [-0.39, 0.29) is 5.69 Å². The molecule has 0 unspecified atom stereocenters. The SMILES string of the molecule is O=C(Cn1cccc(S(=O)(=O)N2CCCCCC2)c1=O)Nc1ccc(F)cc1F. The highest BCUT2D eigenvalue weighted by Gasteiger charge is 2.28. The highest BCUT2D eigenvalue weighted by molar-refractivity contribution is 7.89. The lowest BCUT2D eigenvalue weighted by Gasteiger charge is -2.20. The molecule has 2 aromatic rings. The number of amides is 1. The molecule has 1 aromatic heterocycles. The number of nitrogens with zero attached hydrogens (tertiary/aromatic N) is 2. The first-order valence-electron chi connectivity index (χ1n) is 9.23. The van der Waals surface area contributed by atoms with E-state index >= 15 is 0 Å². The van der Waals surface area contributed by atoms with Gasteiger partial charge in [-0.3, -0.25) is 9.59 Å². The number of rotatable bonds is 5. The molecule has 29 heavy (non-hydrogen) atoms. The van der Waals surface area contributed by atoms with Gasteiger partial charge in [0.15, 0.2) is 0 Å². The molecule has 0 spiro atoms. The Labute approximate surface area is 167 Å². The predicted molar refractivity (Wildman–Crippen MR) is 103 cm³/mol. The number of nitrogens with one attached hydrogen (secondary N) is 1. The second-order valence-corrected chi connectivity index (χ2v) is 8.70. The van der Waals surface area contributed by atoms with Crippen molar-refractivity contribution in [1.29, 1.82) is 0 Å². The van der Waals surface area contributed by atoms with Gasteiger partial charge >= 0.3 is 0 Å². The summed E-state index contributed by atoms with van der Waals surface area (Å²) in [4.78, 5) is 24.5. The number of anilines is 1. The number of halogens is 2. The molecule has 0 radical (unpaired) electrons. The first-order valence-corrected chi connectivity index (χ1v) is 10.7. The van der Waals surface area contributed by atoms with Gasteiger partial charge < -0.3 is 9.88 Å². The predicted octanol–water partition coefficient (Wildman–Crippen LogP) is 2.33. The van der Waals surface area contributed by atoms with E-state index in [1.807, 2.05) is 0 Å². The zero-order valence-corrected chi connectivity index (χ0v) is 16.4. The standard InChI is InChI=1S/C19H21F2N3O4S/c20-14-7-8-16(15(21)12-14)22-18(25)13-23-9-5-6-17(19(23)26)29(27,28)24-10-3-1-2-4-11-24/h5-9,12H,1-4,10-11,13H2,(H,22,25). The number of carbonyl (C=O) groups excluding carboxylic acids is 1. The Balaban J connectivity index is 1.81. The number of sulfonamides is 1. The summed E-state index contributed by atoms with van der Waals surface area (Å²) < 4.78 is 54.7. The van der Waals surface area contributed by atoms with Crippen LogP contribution in [0, 0.1) is 11.6 Å². The maximum Gasteiger partial charge on any atom is 0.271 e. The zero-order valence-electron chi connectivity index (χ0n) is 15.6. The normalized spacial score (nSPS) is 15.7. The van der Waals surface area contributed by atoms with E-state index in [2.05, 4.69) is 5.32 Å². The smallest absolute Gasteiger partial charge is 0.271 e. The molecular weight excluding hydrogens is 404 g/mol. The highest BCUT2D eigenvalue weighted by atomic mass is 32.2. The summed E-state index contributed by atoms with van der Waals surface area (Å²) in [5, 5.41) is 2.24. The monoisotopic (exact) mass is 425 g/mol. The van der Waals surface area contributed by atoms with E-state index in [1.54, 1.807) is 0 Å². The summed E-state index contributed by atoms with van der Waals surface area (Å²) >= 11 is 0. The number of aromatic nitrogens is 1. The van der Waals surface area contributed by atoms with Gasteiger partial charge in [-0.15, -0.1) is 0 Å². The summed E-state index contributed by atoms with van der Waals surface area (Å²) in [6, 6.07) is 5.26. The molecule has 1 fully saturated rings. The van der Waals surface area contributed by atoms with Crippen LogP contribution in [0.5, 0.6) is 0 Å². The molecule has 0 atom stereocenters. The third-order valence-corrected chi connectivity index (χ3v) is 6.60. The van der Waals surface area contributed by atoms with E-state index in [0.717, 1.165) is 42.4 Å². The fraction of sp³-hybridized carbons (Fsp3) is 0.368. The Morgan fingerprint density at radius 2 is 1.76 bits per heavy atom. The lowest BCUT2D eigenvalue weighted by atomic mass is 10.2. The van der Waals surface area contributed by atoms with Gasteiger partial charge in [0.1, 0.15) is 23.1 Å². The van der Waals surface area contributed by atoms with E-state index in [9.17, 15) is 26.8 Å². The minimum Gasteiger partial charge on any atom is -0.322 e. The quantitative estimate of drug-likeness (QED) is 0.796. The van der Waals surface area contributed by atoms with Crippen molar-refractivity contribution in [3.8, 4) is 0 Å². The van der Waals surface area contributed by atoms with Crippen LogP contribution in [-0.4, -0.2) is 36.3 Å². The summed E-state index contributed by atoms with van der Waals surface area (Å²) in [6.45, 7) is 0.182. The molecule has 2 heterocycles. The average Bonchev–Trinajstić information content (AvgIpc) is 2.96. The minimum atomic E-state index is -3.98. The van der Waals surface area contributed by atoms with Crippen LogP contribution in [0.2, 0.25) is 0 Å². The molecule has 0 saturated carbocycles. The summed E-state index contributed by atoms with van der Waals surface area (Å²) in [7, 11) is -3.98. The van der Waals surface area contributed by atoms with Crippen LogP contribution in [0.1, 0.15) is 25.7 Å². The Hall–Kier alpha value is -2.59. The van der Waals surface area contributed by atoms with Crippen LogP contribution in [0.3, 0.4) is 0 Å². The molecule has 1 amide bonds. The van der Waals surface area contributed by atoms with Crippen molar-refractivity contribution < 1.29 is 22.0 Å². The van der Waals surface area contributed by atoms with Crippen molar-refractivity contribution in [2.24, 2.45) is 0 Å². The van der Waals surface area contributed by atoms with Crippen molar-refractivity contribution in [2.45, 2.75) is 37.1 Å². The summed E-state index contributed by atoms with van der Waals surface area (Å²) in [5.74, 6) is -2.49. The Morgan fingerprint density at radius 1 is 1.07 bits per heavy atom. The largest absolute Gasteiger partial charge is 0.322 e. The van der Waals surface area contributed by atoms with E-state index in [0.29, 0.717) is 19.2 Å². The van der Waals surface area contributed by atoms with Gasteiger partial charge in [0.2, 0.25) is 15.9 Å². The molecule has 1 saturated heterocycles. The van der Waals surface area contributed by atoms with Crippen LogP contribution in [-0.2, 0) is 21.4 Å². The van der Waals surface area contributed by atoms with Crippen molar-refractivity contribution >= 4 is 21.6 Å². The van der Waals surface area contributed by atoms with Crippen LogP contribution in [0.25, 0.3) is 0 Å². The third kappa shape index (κ3) is 4.88. The molecule has 0 bridgehead atoms. The van der Waals surface area contributed by atoms with Crippen LogP contribution >= 0.6 is 0 Å². The second-order valence-electron chi connectivity index (χ2n) is 6.80. The molecular formula is C19H21F2N3O4S. The maximum absolute atomic E-state index is 13.7. The van der Waals surface area contributed by atoms with E-state index < -0.39 is 44.6 Å². The number of carbonyl (C=O) groups is 1. The Kier molecular flexibility index (Phi) is 6.43. The van der Waals surface area contributed by atoms with Crippen LogP contribution < -0.4 is 10.9 Å². The average molecular weight is 425 g/mol. The van der Waals surface area contributed by atoms with Crippen molar-refractivity contribution in [2.75, 3.05) is 18.4 Å². The van der Waals surface area contributed by atoms with Gasteiger partial charge in [-0.25, -0.2) is 17.2 Å². The lowest BCUT2D eigenvalue weighted by Crippen LogP contribution is -2.37. The summed E-state index contributed by atoms with van der Waals surface area (Å²) in [6.07, 6.45) is 4.61. The fourth-order valence-electron chi connectivity index (χ4n) is 3.19. The molecule has 1 N–H and O–H groups in total. The fourth-order valence-corrected chi connectivity index (χ4v) is 4.80. The molecule has 0 aliphatic carbocycles. The van der Waals surface area contributed by atoms with Gasteiger partial charge in [0, 0.05) is 25.4 Å². The zero-order chi connectivity index (χ0) is 21.0. The second kappa shape index (κ2) is 8.83. The number of benzene rings is 1. The molecule has 10 heteroatoms. The number of pyridine rings is 1. The van der Waals surface area contributed by atoms with Crippen molar-refractivity contribution in [3.63, 3.8) is 0 Å². The van der Waals surface area contributed by atoms with Crippen molar-refractivity contribution in [1.82, 2.24) is 8.87 Å². The Morgan fingerprint density at radius 3 is 2.41 bits per heavy atom. The highest BCUT2D eigenvalue weighted by Crippen LogP contribution is 2.18. The molecule has 1 aliphatic heterocycles. The first kappa shape index (κ1) is 21.1. The molecule has 156 valence electrons. The van der Waals surface area contributed by atoms with Gasteiger partial charge in [-0.1, -0.05) is 12.8 Å². The first-order chi connectivity index (χ1) is 13.8. The molecule has 3 rings (SSSR count). The van der Waals surface area contributed by atoms with Gasteiger partial charge in [-0.2, -0.15) is 4.31 Å². The van der Waals surface area contributed by atoms with Crippen LogP contribution in [0.4, 0.5) is 14.5 Å². The maximum atomic E-state index is 13.7. The lowest BCUT2D eigenvalue weighted by molar-refractivity contribution is -0.116. The third-order valence-electron chi connectivity index (χ3n) is 4.69. The molecule has 7 nitrogen and oxygen atoms in total. The van der Waals surface area contributed by atoms with Gasteiger partial charge in [0.25, 0.3) is 5.56 Å². The summed E-state index contributed by atoms with van der Waals surface area (Å²) in [5.41, 5.74) is -1.07. The van der Waals surface area contributed by atoms with Gasteiger partial charge in [-0.05, 0) is 37.1 Å². The minimum absolute atomic E-state index is 0.238. The molecule has 1 aliphatic rings. The topological polar surface area (TPSA) is 88.5 Å². The number of hydrogen-bond acceptors (Lipinski definition) is 4. The number of hydrogen-bond donors (Lipinski definition) is 1. The van der Waals surface area contributed by atoms with Crippen molar-refractivity contribution in [3.05, 3.63) is 58.5 Å².